The van der Waals surface area contributed by atoms with Crippen LogP contribution in [0.5, 0.6) is 0 Å². The lowest BCUT2D eigenvalue weighted by Gasteiger charge is -2.27. The van der Waals surface area contributed by atoms with Gasteiger partial charge in [0.1, 0.15) is 0 Å². The zero-order valence-corrected chi connectivity index (χ0v) is 7.50. The molecule has 2 nitrogen and oxygen atoms in total. The third kappa shape index (κ3) is 2.83. The zero-order chi connectivity index (χ0) is 8.81. The number of hydrogen-bond donors (Lipinski definition) is 1. The first-order valence-electron chi connectivity index (χ1n) is 4.89. The highest BCUT2D eigenvalue weighted by Gasteiger charge is 2.21. The molecule has 1 aliphatic rings. The smallest absolute Gasteiger partial charge is 0.0621 e. The molecular formula is C10H17NO. The molecule has 1 saturated carbocycles. The Morgan fingerprint density at radius 2 is 2.08 bits per heavy atom. The topological polar surface area (TPSA) is 44.0 Å². The first-order chi connectivity index (χ1) is 5.84. The Kier molecular flexibility index (Phi) is 4.10. The van der Waals surface area contributed by atoms with Gasteiger partial charge in [0.25, 0.3) is 0 Å². The summed E-state index contributed by atoms with van der Waals surface area (Å²) in [6.45, 7) is 0. The number of aliphatic hydroxyl groups is 1. The Morgan fingerprint density at radius 1 is 1.33 bits per heavy atom. The first kappa shape index (κ1) is 9.54. The monoisotopic (exact) mass is 167 g/mol. The predicted octanol–water partition coefficient (Wildman–Crippen LogP) is 2.23. The second-order valence-electron chi connectivity index (χ2n) is 3.66. The molecule has 68 valence electrons. The van der Waals surface area contributed by atoms with E-state index in [2.05, 4.69) is 6.07 Å². The molecule has 0 aromatic rings. The average Bonchev–Trinajstić information content (AvgIpc) is 2.09. The van der Waals surface area contributed by atoms with Crippen molar-refractivity contribution in [2.24, 2.45) is 5.92 Å². The maximum absolute atomic E-state index is 9.59. The predicted molar refractivity (Wildman–Crippen MR) is 47.4 cm³/mol. The quantitative estimate of drug-likeness (QED) is 0.655. The summed E-state index contributed by atoms with van der Waals surface area (Å²) in [6.07, 6.45) is 7.11. The van der Waals surface area contributed by atoms with E-state index < -0.39 is 0 Å². The van der Waals surface area contributed by atoms with E-state index in [9.17, 15) is 5.11 Å². The fourth-order valence-corrected chi connectivity index (χ4v) is 1.97. The molecule has 1 fully saturated rings. The van der Waals surface area contributed by atoms with E-state index >= 15 is 0 Å². The lowest BCUT2D eigenvalue weighted by atomic mass is 9.83. The molecule has 2 heteroatoms. The van der Waals surface area contributed by atoms with E-state index in [-0.39, 0.29) is 6.10 Å². The van der Waals surface area contributed by atoms with Gasteiger partial charge in [-0.3, -0.25) is 0 Å². The van der Waals surface area contributed by atoms with Crippen LogP contribution in [-0.2, 0) is 0 Å². The van der Waals surface area contributed by atoms with Crippen LogP contribution in [0.1, 0.15) is 44.9 Å². The summed E-state index contributed by atoms with van der Waals surface area (Å²) in [5, 5.41) is 17.9. The van der Waals surface area contributed by atoms with Gasteiger partial charge in [-0.25, -0.2) is 0 Å². The minimum Gasteiger partial charge on any atom is -0.393 e. The van der Waals surface area contributed by atoms with Crippen LogP contribution in [0.3, 0.4) is 0 Å². The number of rotatable bonds is 3. The second-order valence-corrected chi connectivity index (χ2v) is 3.66. The van der Waals surface area contributed by atoms with Gasteiger partial charge in [0.2, 0.25) is 0 Å². The lowest BCUT2D eigenvalue weighted by Crippen LogP contribution is -2.24. The van der Waals surface area contributed by atoms with Crippen molar-refractivity contribution in [1.29, 1.82) is 5.26 Å². The van der Waals surface area contributed by atoms with Gasteiger partial charge in [-0.2, -0.15) is 5.26 Å². The van der Waals surface area contributed by atoms with Gasteiger partial charge in [0, 0.05) is 6.42 Å². The van der Waals surface area contributed by atoms with Crippen LogP contribution in [0.4, 0.5) is 0 Å². The summed E-state index contributed by atoms with van der Waals surface area (Å²) < 4.78 is 0. The molecule has 0 amide bonds. The Bertz CT molecular complexity index is 162. The van der Waals surface area contributed by atoms with Gasteiger partial charge in [0.15, 0.2) is 0 Å². The van der Waals surface area contributed by atoms with E-state index in [0.717, 1.165) is 25.7 Å². The van der Waals surface area contributed by atoms with Crippen LogP contribution in [0.15, 0.2) is 0 Å². The minimum absolute atomic E-state index is 0.0857. The van der Waals surface area contributed by atoms with Crippen molar-refractivity contribution in [3.63, 3.8) is 0 Å². The van der Waals surface area contributed by atoms with Crippen LogP contribution in [0, 0.1) is 17.2 Å². The molecule has 1 aliphatic carbocycles. The number of unbranched alkanes of at least 4 members (excludes halogenated alkanes) is 1. The Morgan fingerprint density at radius 3 is 2.75 bits per heavy atom. The summed E-state index contributed by atoms with van der Waals surface area (Å²) >= 11 is 0. The van der Waals surface area contributed by atoms with Crippen LogP contribution >= 0.6 is 0 Å². The zero-order valence-electron chi connectivity index (χ0n) is 7.50. The van der Waals surface area contributed by atoms with E-state index in [1.165, 1.54) is 12.8 Å². The molecule has 0 aromatic carbocycles. The third-order valence-electron chi connectivity index (χ3n) is 2.73. The molecular weight excluding hydrogens is 150 g/mol. The second kappa shape index (κ2) is 5.16. The van der Waals surface area contributed by atoms with E-state index in [1.807, 2.05) is 0 Å². The van der Waals surface area contributed by atoms with Crippen molar-refractivity contribution >= 4 is 0 Å². The Hall–Kier alpha value is -0.550. The highest BCUT2D eigenvalue weighted by atomic mass is 16.3. The van der Waals surface area contributed by atoms with Gasteiger partial charge in [-0.15, -0.1) is 0 Å². The number of nitriles is 1. The Labute approximate surface area is 74.2 Å². The fourth-order valence-electron chi connectivity index (χ4n) is 1.97. The van der Waals surface area contributed by atoms with Crippen molar-refractivity contribution < 1.29 is 5.11 Å². The van der Waals surface area contributed by atoms with E-state index in [4.69, 9.17) is 5.26 Å². The summed E-state index contributed by atoms with van der Waals surface area (Å²) in [6, 6.07) is 2.14. The maximum Gasteiger partial charge on any atom is 0.0621 e. The summed E-state index contributed by atoms with van der Waals surface area (Å²) in [7, 11) is 0. The molecule has 0 bridgehead atoms. The van der Waals surface area contributed by atoms with Crippen LogP contribution in [-0.4, -0.2) is 11.2 Å². The molecule has 0 heterocycles. The van der Waals surface area contributed by atoms with Crippen LogP contribution in [0.25, 0.3) is 0 Å². The molecule has 12 heavy (non-hydrogen) atoms. The van der Waals surface area contributed by atoms with Gasteiger partial charge in [-0.1, -0.05) is 12.8 Å². The van der Waals surface area contributed by atoms with Gasteiger partial charge >= 0.3 is 0 Å². The summed E-state index contributed by atoms with van der Waals surface area (Å²) in [4.78, 5) is 0. The van der Waals surface area contributed by atoms with E-state index in [1.54, 1.807) is 0 Å². The lowest BCUT2D eigenvalue weighted by molar-refractivity contribution is 0.0645. The molecule has 1 rings (SSSR count). The van der Waals surface area contributed by atoms with Gasteiger partial charge in [0.05, 0.1) is 12.2 Å². The third-order valence-corrected chi connectivity index (χ3v) is 2.73. The average molecular weight is 167 g/mol. The van der Waals surface area contributed by atoms with E-state index in [0.29, 0.717) is 12.3 Å². The SMILES string of the molecule is N#CCCCC1CCCCC1O. The Balaban J connectivity index is 2.16. The maximum atomic E-state index is 9.59. The summed E-state index contributed by atoms with van der Waals surface area (Å²) in [5.74, 6) is 0.479. The molecule has 0 aromatic heterocycles. The molecule has 0 spiro atoms. The van der Waals surface area contributed by atoms with Crippen molar-refractivity contribution in [1.82, 2.24) is 0 Å². The molecule has 0 saturated heterocycles. The molecule has 1 N–H and O–H groups in total. The number of nitrogens with zero attached hydrogens (tertiary/aromatic N) is 1. The minimum atomic E-state index is -0.0857. The molecule has 0 radical (unpaired) electrons. The van der Waals surface area contributed by atoms with Crippen molar-refractivity contribution in [2.75, 3.05) is 0 Å². The highest BCUT2D eigenvalue weighted by molar-refractivity contribution is 4.76. The highest BCUT2D eigenvalue weighted by Crippen LogP contribution is 2.28. The summed E-state index contributed by atoms with van der Waals surface area (Å²) in [5.41, 5.74) is 0. The van der Waals surface area contributed by atoms with Gasteiger partial charge in [-0.05, 0) is 31.6 Å². The van der Waals surface area contributed by atoms with Crippen molar-refractivity contribution in [3.05, 3.63) is 0 Å². The molecule has 2 atom stereocenters. The fraction of sp³-hybridized carbons (Fsp3) is 0.900. The number of aliphatic hydroxyl groups excluding tert-OH is 1. The number of hydrogen-bond acceptors (Lipinski definition) is 2. The molecule has 2 unspecified atom stereocenters. The van der Waals surface area contributed by atoms with Crippen molar-refractivity contribution in [3.8, 4) is 6.07 Å². The van der Waals surface area contributed by atoms with Crippen molar-refractivity contribution in [2.45, 2.75) is 51.0 Å². The standard InChI is InChI=1S/C10H17NO/c11-8-4-3-6-9-5-1-2-7-10(9)12/h9-10,12H,1-7H2. The van der Waals surface area contributed by atoms with Crippen LogP contribution < -0.4 is 0 Å². The normalized spacial score (nSPS) is 29.7. The molecule has 0 aliphatic heterocycles. The van der Waals surface area contributed by atoms with Crippen LogP contribution in [0.2, 0.25) is 0 Å². The largest absolute Gasteiger partial charge is 0.393 e. The van der Waals surface area contributed by atoms with Gasteiger partial charge < -0.3 is 5.11 Å². The first-order valence-corrected chi connectivity index (χ1v) is 4.89.